The fraction of sp³-hybridized carbons (Fsp3) is 0.0833. The number of thiophene rings is 1. The van der Waals surface area contributed by atoms with Crippen LogP contribution in [0.2, 0.25) is 0 Å². The van der Waals surface area contributed by atoms with Crippen LogP contribution in [0.5, 0.6) is 0 Å². The van der Waals surface area contributed by atoms with Gasteiger partial charge in [0.1, 0.15) is 5.56 Å². The molecule has 1 aromatic heterocycles. The van der Waals surface area contributed by atoms with E-state index in [9.17, 15) is 14.9 Å². The number of nitro benzene ring substituents is 1. The lowest BCUT2D eigenvalue weighted by Crippen LogP contribution is -2.23. The van der Waals surface area contributed by atoms with E-state index in [1.54, 1.807) is 6.07 Å². The van der Waals surface area contributed by atoms with Crippen LogP contribution in [0.15, 0.2) is 39.5 Å². The van der Waals surface area contributed by atoms with Crippen LogP contribution in [0.4, 0.5) is 5.69 Å². The molecule has 0 unspecified atom stereocenters. The second-order valence-electron chi connectivity index (χ2n) is 3.73. The van der Waals surface area contributed by atoms with Gasteiger partial charge in [0.25, 0.3) is 11.6 Å². The third kappa shape index (κ3) is 3.39. The summed E-state index contributed by atoms with van der Waals surface area (Å²) in [5.74, 6) is -0.453. The van der Waals surface area contributed by atoms with Crippen molar-refractivity contribution in [3.63, 3.8) is 0 Å². The van der Waals surface area contributed by atoms with Crippen molar-refractivity contribution in [3.05, 3.63) is 60.7 Å². The molecule has 2 rings (SSSR count). The smallest absolute Gasteiger partial charge is 0.283 e. The molecule has 98 valence electrons. The van der Waals surface area contributed by atoms with Crippen molar-refractivity contribution >= 4 is 38.9 Å². The quantitative estimate of drug-likeness (QED) is 0.685. The SMILES string of the molecule is O=C(NCc1ccsc1)c1ccc(Br)cc1[N+](=O)[O-]. The highest BCUT2D eigenvalue weighted by molar-refractivity contribution is 9.10. The maximum atomic E-state index is 11.9. The zero-order chi connectivity index (χ0) is 13.8. The number of carbonyl (C=O) groups is 1. The Hall–Kier alpha value is -1.73. The minimum absolute atomic E-state index is 0.0587. The number of benzene rings is 1. The van der Waals surface area contributed by atoms with Crippen LogP contribution in [-0.2, 0) is 6.54 Å². The van der Waals surface area contributed by atoms with Gasteiger partial charge in [-0.15, -0.1) is 0 Å². The zero-order valence-electron chi connectivity index (χ0n) is 9.63. The molecule has 0 radical (unpaired) electrons. The van der Waals surface area contributed by atoms with E-state index in [1.165, 1.54) is 23.5 Å². The maximum absolute atomic E-state index is 11.9. The number of nitro groups is 1. The standard InChI is InChI=1S/C12H9BrN2O3S/c13-9-1-2-10(11(5-9)15(17)18)12(16)14-6-8-3-4-19-7-8/h1-5,7H,6H2,(H,14,16). The number of nitrogens with one attached hydrogen (secondary N) is 1. The Morgan fingerprint density at radius 2 is 2.21 bits per heavy atom. The van der Waals surface area contributed by atoms with Gasteiger partial charge in [-0.2, -0.15) is 11.3 Å². The van der Waals surface area contributed by atoms with Crippen LogP contribution in [0, 0.1) is 10.1 Å². The Balaban J connectivity index is 2.16. The van der Waals surface area contributed by atoms with Gasteiger partial charge in [0.15, 0.2) is 0 Å². The molecule has 2 aromatic rings. The van der Waals surface area contributed by atoms with Crippen molar-refractivity contribution in [2.45, 2.75) is 6.54 Å². The third-order valence-corrected chi connectivity index (χ3v) is 3.66. The molecule has 1 aromatic carbocycles. The van der Waals surface area contributed by atoms with Crippen molar-refractivity contribution in [1.82, 2.24) is 5.32 Å². The molecule has 0 aliphatic rings. The molecule has 7 heteroatoms. The molecule has 5 nitrogen and oxygen atoms in total. The molecule has 1 N–H and O–H groups in total. The second-order valence-corrected chi connectivity index (χ2v) is 5.43. The van der Waals surface area contributed by atoms with E-state index < -0.39 is 10.8 Å². The molecule has 0 spiro atoms. The summed E-state index contributed by atoms with van der Waals surface area (Å²) in [6, 6.07) is 6.25. The molecule has 0 fully saturated rings. The lowest BCUT2D eigenvalue weighted by molar-refractivity contribution is -0.385. The van der Waals surface area contributed by atoms with Crippen molar-refractivity contribution < 1.29 is 9.72 Å². The van der Waals surface area contributed by atoms with E-state index in [0.29, 0.717) is 11.0 Å². The monoisotopic (exact) mass is 340 g/mol. The van der Waals surface area contributed by atoms with Crippen LogP contribution in [0.25, 0.3) is 0 Å². The van der Waals surface area contributed by atoms with Gasteiger partial charge >= 0.3 is 0 Å². The normalized spacial score (nSPS) is 10.2. The molecule has 0 saturated heterocycles. The van der Waals surface area contributed by atoms with Crippen molar-refractivity contribution in [3.8, 4) is 0 Å². The first kappa shape index (κ1) is 13.7. The molecule has 0 aliphatic carbocycles. The molecule has 0 aliphatic heterocycles. The zero-order valence-corrected chi connectivity index (χ0v) is 12.0. The molecule has 1 amide bonds. The summed E-state index contributed by atoms with van der Waals surface area (Å²) in [4.78, 5) is 22.3. The highest BCUT2D eigenvalue weighted by atomic mass is 79.9. The van der Waals surface area contributed by atoms with Gasteiger partial charge < -0.3 is 5.32 Å². The van der Waals surface area contributed by atoms with Crippen LogP contribution in [-0.4, -0.2) is 10.8 Å². The number of nitrogens with zero attached hydrogens (tertiary/aromatic N) is 1. The number of hydrogen-bond donors (Lipinski definition) is 1. The highest BCUT2D eigenvalue weighted by Crippen LogP contribution is 2.23. The van der Waals surface area contributed by atoms with E-state index in [1.807, 2.05) is 16.8 Å². The Morgan fingerprint density at radius 1 is 1.42 bits per heavy atom. The molecule has 0 atom stereocenters. The topological polar surface area (TPSA) is 72.2 Å². The van der Waals surface area contributed by atoms with Gasteiger partial charge in [-0.1, -0.05) is 15.9 Å². The predicted molar refractivity (Wildman–Crippen MR) is 76.3 cm³/mol. The lowest BCUT2D eigenvalue weighted by atomic mass is 10.1. The van der Waals surface area contributed by atoms with Crippen molar-refractivity contribution in [2.24, 2.45) is 0 Å². The third-order valence-electron chi connectivity index (χ3n) is 2.43. The number of amides is 1. The van der Waals surface area contributed by atoms with Crippen LogP contribution in [0.3, 0.4) is 0 Å². The molecular formula is C12H9BrN2O3S. The predicted octanol–water partition coefficient (Wildman–Crippen LogP) is 3.35. The summed E-state index contributed by atoms with van der Waals surface area (Å²) >= 11 is 4.68. The largest absolute Gasteiger partial charge is 0.348 e. The summed E-state index contributed by atoms with van der Waals surface area (Å²) in [7, 11) is 0. The molecule has 0 saturated carbocycles. The average Bonchev–Trinajstić information content (AvgIpc) is 2.88. The Kier molecular flexibility index (Phi) is 4.28. The minimum Gasteiger partial charge on any atom is -0.348 e. The maximum Gasteiger partial charge on any atom is 0.283 e. The number of halogens is 1. The van der Waals surface area contributed by atoms with E-state index >= 15 is 0 Å². The Labute approximate surface area is 121 Å². The summed E-state index contributed by atoms with van der Waals surface area (Å²) in [6.45, 7) is 0.357. The second kappa shape index (κ2) is 5.94. The van der Waals surface area contributed by atoms with Crippen molar-refractivity contribution in [2.75, 3.05) is 0 Å². The van der Waals surface area contributed by atoms with Crippen LogP contribution < -0.4 is 5.32 Å². The van der Waals surface area contributed by atoms with Gasteiger partial charge in [0.05, 0.1) is 4.92 Å². The van der Waals surface area contributed by atoms with Gasteiger partial charge in [-0.3, -0.25) is 14.9 Å². The first-order valence-corrected chi connectivity index (χ1v) is 7.04. The van der Waals surface area contributed by atoms with E-state index in [-0.39, 0.29) is 11.3 Å². The summed E-state index contributed by atoms with van der Waals surface area (Å²) < 4.78 is 0.564. The molecular weight excluding hydrogens is 332 g/mol. The molecule has 0 bridgehead atoms. The lowest BCUT2D eigenvalue weighted by Gasteiger charge is -2.05. The molecule has 19 heavy (non-hydrogen) atoms. The van der Waals surface area contributed by atoms with Gasteiger partial charge in [-0.25, -0.2) is 0 Å². The van der Waals surface area contributed by atoms with Gasteiger partial charge in [0, 0.05) is 17.1 Å². The van der Waals surface area contributed by atoms with Crippen LogP contribution >= 0.6 is 27.3 Å². The highest BCUT2D eigenvalue weighted by Gasteiger charge is 2.20. The minimum atomic E-state index is -0.565. The van der Waals surface area contributed by atoms with Crippen molar-refractivity contribution in [1.29, 1.82) is 0 Å². The summed E-state index contributed by atoms with van der Waals surface area (Å²) in [5, 5.41) is 17.4. The number of rotatable bonds is 4. The first-order valence-electron chi connectivity index (χ1n) is 5.31. The number of hydrogen-bond acceptors (Lipinski definition) is 4. The average molecular weight is 341 g/mol. The van der Waals surface area contributed by atoms with Gasteiger partial charge in [0.2, 0.25) is 0 Å². The number of carbonyl (C=O) groups excluding carboxylic acids is 1. The Morgan fingerprint density at radius 3 is 2.84 bits per heavy atom. The fourth-order valence-electron chi connectivity index (χ4n) is 1.52. The first-order chi connectivity index (χ1) is 9.08. The summed E-state index contributed by atoms with van der Waals surface area (Å²) in [6.07, 6.45) is 0. The molecule has 1 heterocycles. The van der Waals surface area contributed by atoms with E-state index in [4.69, 9.17) is 0 Å². The van der Waals surface area contributed by atoms with Gasteiger partial charge in [-0.05, 0) is 34.5 Å². The summed E-state index contributed by atoms with van der Waals surface area (Å²) in [5.41, 5.74) is 0.818. The van der Waals surface area contributed by atoms with E-state index in [2.05, 4.69) is 21.2 Å². The van der Waals surface area contributed by atoms with Crippen LogP contribution in [0.1, 0.15) is 15.9 Å². The Bertz CT molecular complexity index is 613. The van der Waals surface area contributed by atoms with E-state index in [0.717, 1.165) is 5.56 Å². The fourth-order valence-corrected chi connectivity index (χ4v) is 2.54.